The molecule has 0 radical (unpaired) electrons. The summed E-state index contributed by atoms with van der Waals surface area (Å²) in [6.45, 7) is 10.7. The summed E-state index contributed by atoms with van der Waals surface area (Å²) >= 11 is 0. The van der Waals surface area contributed by atoms with Gasteiger partial charge in [-0.3, -0.25) is 0 Å². The minimum Gasteiger partial charge on any atom is -0.465 e. The number of benzene rings is 1. The van der Waals surface area contributed by atoms with Crippen LogP contribution < -0.4 is 0 Å². The van der Waals surface area contributed by atoms with E-state index in [1.165, 1.54) is 7.11 Å². The average molecular weight is 254 g/mol. The van der Waals surface area contributed by atoms with Gasteiger partial charge in [0.1, 0.15) is 0 Å². The molecule has 0 bridgehead atoms. The fourth-order valence-corrected chi connectivity index (χ4v) is 2.20. The van der Waals surface area contributed by atoms with Crippen molar-refractivity contribution in [3.63, 3.8) is 0 Å². The van der Waals surface area contributed by atoms with E-state index in [0.29, 0.717) is 11.3 Å². The van der Waals surface area contributed by atoms with Crippen molar-refractivity contribution in [2.45, 2.75) is 13.8 Å². The highest BCUT2D eigenvalue weighted by atomic mass is 16.5. The van der Waals surface area contributed by atoms with E-state index in [1.54, 1.807) is 12.1 Å². The number of carbonyl (C=O) groups is 1. The molecule has 2 aromatic rings. The molecule has 0 atom stereocenters. The Morgan fingerprint density at radius 3 is 2.37 bits per heavy atom. The number of H-pyrrole nitrogens is 1. The van der Waals surface area contributed by atoms with E-state index in [4.69, 9.17) is 11.3 Å². The lowest BCUT2D eigenvalue weighted by atomic mass is 10.0. The van der Waals surface area contributed by atoms with E-state index in [0.717, 1.165) is 22.5 Å². The lowest BCUT2D eigenvalue weighted by molar-refractivity contribution is 0.0601. The predicted octanol–water partition coefficient (Wildman–Crippen LogP) is 3.64. The Hall–Kier alpha value is -2.54. The molecule has 4 nitrogen and oxygen atoms in total. The number of hydrogen-bond donors (Lipinski definition) is 1. The molecule has 0 aliphatic rings. The molecule has 96 valence electrons. The third-order valence-corrected chi connectivity index (χ3v) is 3.05. The number of rotatable bonds is 2. The molecule has 19 heavy (non-hydrogen) atoms. The molecule has 0 aliphatic heterocycles. The molecule has 0 aliphatic carbocycles. The van der Waals surface area contributed by atoms with Crippen LogP contribution in [-0.2, 0) is 4.74 Å². The maximum absolute atomic E-state index is 11.9. The molecule has 1 aromatic heterocycles. The van der Waals surface area contributed by atoms with Gasteiger partial charge in [0.2, 0.25) is 0 Å². The molecular weight excluding hydrogens is 240 g/mol. The molecule has 0 unspecified atom stereocenters. The zero-order chi connectivity index (χ0) is 14.0. The van der Waals surface area contributed by atoms with E-state index in [2.05, 4.69) is 9.83 Å². The quantitative estimate of drug-likeness (QED) is 0.657. The standard InChI is InChI=1S/C15H14N2O2/c1-9-13(11-5-7-12(16-3)8-6-11)14(10(2)17-9)15(18)19-4/h5-8,17H,1-2,4H3. The van der Waals surface area contributed by atoms with Crippen molar-refractivity contribution < 1.29 is 9.53 Å². The summed E-state index contributed by atoms with van der Waals surface area (Å²) in [6.07, 6.45) is 0. The fraction of sp³-hybridized carbons (Fsp3) is 0.200. The molecule has 1 N–H and O–H groups in total. The number of aromatic nitrogens is 1. The first kappa shape index (κ1) is 12.9. The third-order valence-electron chi connectivity index (χ3n) is 3.05. The van der Waals surface area contributed by atoms with Crippen molar-refractivity contribution >= 4 is 11.7 Å². The zero-order valence-electron chi connectivity index (χ0n) is 11.1. The number of nitrogens with zero attached hydrogens (tertiary/aromatic N) is 1. The molecule has 0 amide bonds. The first-order chi connectivity index (χ1) is 9.08. The second-order valence-electron chi connectivity index (χ2n) is 4.28. The number of aryl methyl sites for hydroxylation is 2. The Kier molecular flexibility index (Phi) is 3.39. The van der Waals surface area contributed by atoms with E-state index in [1.807, 2.05) is 26.0 Å². The number of aromatic amines is 1. The summed E-state index contributed by atoms with van der Waals surface area (Å²) in [5.41, 5.74) is 4.56. The average Bonchev–Trinajstić information content (AvgIpc) is 2.72. The number of ether oxygens (including phenoxy) is 1. The van der Waals surface area contributed by atoms with Gasteiger partial charge in [0.15, 0.2) is 5.69 Å². The van der Waals surface area contributed by atoms with Crippen molar-refractivity contribution in [3.05, 3.63) is 52.6 Å². The van der Waals surface area contributed by atoms with Crippen LogP contribution in [0.3, 0.4) is 0 Å². The summed E-state index contributed by atoms with van der Waals surface area (Å²) < 4.78 is 4.83. The normalized spacial score (nSPS) is 10.0. The van der Waals surface area contributed by atoms with E-state index in [-0.39, 0.29) is 5.97 Å². The number of methoxy groups -OCH3 is 1. The fourth-order valence-electron chi connectivity index (χ4n) is 2.20. The monoisotopic (exact) mass is 254 g/mol. The van der Waals surface area contributed by atoms with Crippen molar-refractivity contribution in [2.75, 3.05) is 7.11 Å². The molecule has 0 saturated heterocycles. The van der Waals surface area contributed by atoms with Crippen LogP contribution in [-0.4, -0.2) is 18.1 Å². The van der Waals surface area contributed by atoms with Crippen LogP contribution in [0.1, 0.15) is 21.7 Å². The Labute approximate surface area is 111 Å². The summed E-state index contributed by atoms with van der Waals surface area (Å²) in [5, 5.41) is 0. The van der Waals surface area contributed by atoms with Crippen LogP contribution in [0.4, 0.5) is 5.69 Å². The summed E-state index contributed by atoms with van der Waals surface area (Å²) in [7, 11) is 1.37. The second kappa shape index (κ2) is 4.99. The van der Waals surface area contributed by atoms with E-state index in [9.17, 15) is 4.79 Å². The summed E-state index contributed by atoms with van der Waals surface area (Å²) in [5.74, 6) is -0.355. The van der Waals surface area contributed by atoms with Gasteiger partial charge in [0.05, 0.1) is 19.2 Å². The van der Waals surface area contributed by atoms with E-state index >= 15 is 0 Å². The predicted molar refractivity (Wildman–Crippen MR) is 73.3 cm³/mol. The highest BCUT2D eigenvalue weighted by Crippen LogP contribution is 2.31. The Bertz CT molecular complexity index is 661. The maximum Gasteiger partial charge on any atom is 0.340 e. The second-order valence-corrected chi connectivity index (χ2v) is 4.28. The molecule has 0 saturated carbocycles. The van der Waals surface area contributed by atoms with Gasteiger partial charge < -0.3 is 9.72 Å². The number of carbonyl (C=O) groups excluding carboxylic acids is 1. The Morgan fingerprint density at radius 2 is 1.84 bits per heavy atom. The molecule has 1 aromatic carbocycles. The number of esters is 1. The first-order valence-corrected chi connectivity index (χ1v) is 5.84. The van der Waals surface area contributed by atoms with Gasteiger partial charge in [-0.05, 0) is 19.4 Å². The Morgan fingerprint density at radius 1 is 1.21 bits per heavy atom. The minimum absolute atomic E-state index is 0.355. The molecular formula is C15H14N2O2. The third kappa shape index (κ3) is 2.23. The first-order valence-electron chi connectivity index (χ1n) is 5.84. The largest absolute Gasteiger partial charge is 0.465 e. The lowest BCUT2D eigenvalue weighted by Gasteiger charge is -2.05. The lowest BCUT2D eigenvalue weighted by Crippen LogP contribution is -2.03. The van der Waals surface area contributed by atoms with Crippen LogP contribution in [0.2, 0.25) is 0 Å². The molecule has 4 heteroatoms. The van der Waals surface area contributed by atoms with Gasteiger partial charge >= 0.3 is 5.97 Å². The van der Waals surface area contributed by atoms with Crippen LogP contribution in [0.25, 0.3) is 16.0 Å². The van der Waals surface area contributed by atoms with Gasteiger partial charge in [-0.15, -0.1) is 0 Å². The molecule has 0 fully saturated rings. The van der Waals surface area contributed by atoms with Gasteiger partial charge in [0, 0.05) is 17.0 Å². The molecule has 0 spiro atoms. The van der Waals surface area contributed by atoms with Crippen molar-refractivity contribution in [2.24, 2.45) is 0 Å². The van der Waals surface area contributed by atoms with Crippen molar-refractivity contribution in [3.8, 4) is 11.1 Å². The topological polar surface area (TPSA) is 46.5 Å². The van der Waals surface area contributed by atoms with Gasteiger partial charge in [-0.25, -0.2) is 9.64 Å². The summed E-state index contributed by atoms with van der Waals surface area (Å²) in [6, 6.07) is 7.17. The van der Waals surface area contributed by atoms with Crippen molar-refractivity contribution in [1.82, 2.24) is 4.98 Å². The summed E-state index contributed by atoms with van der Waals surface area (Å²) in [4.78, 5) is 18.4. The highest BCUT2D eigenvalue weighted by Gasteiger charge is 2.20. The minimum atomic E-state index is -0.355. The van der Waals surface area contributed by atoms with Gasteiger partial charge in [-0.2, -0.15) is 0 Å². The number of hydrogen-bond acceptors (Lipinski definition) is 2. The van der Waals surface area contributed by atoms with Crippen LogP contribution in [0.15, 0.2) is 24.3 Å². The van der Waals surface area contributed by atoms with Crippen molar-refractivity contribution in [1.29, 1.82) is 0 Å². The zero-order valence-corrected chi connectivity index (χ0v) is 11.1. The van der Waals surface area contributed by atoms with Crippen LogP contribution in [0.5, 0.6) is 0 Å². The van der Waals surface area contributed by atoms with Crippen LogP contribution >= 0.6 is 0 Å². The Balaban J connectivity index is 2.61. The van der Waals surface area contributed by atoms with Crippen LogP contribution in [0, 0.1) is 20.4 Å². The molecule has 1 heterocycles. The maximum atomic E-state index is 11.9. The smallest absolute Gasteiger partial charge is 0.340 e. The van der Waals surface area contributed by atoms with E-state index < -0.39 is 0 Å². The molecule has 2 rings (SSSR count). The number of nitrogens with one attached hydrogen (secondary N) is 1. The van der Waals surface area contributed by atoms with Gasteiger partial charge in [0.25, 0.3) is 0 Å². The van der Waals surface area contributed by atoms with Gasteiger partial charge in [-0.1, -0.05) is 24.3 Å². The SMILES string of the molecule is [C-]#[N+]c1ccc(-c2c(C)[nH]c(C)c2C(=O)OC)cc1. The highest BCUT2D eigenvalue weighted by molar-refractivity contribution is 5.99.